The highest BCUT2D eigenvalue weighted by Crippen LogP contribution is 2.22. The molecular formula is C15H20ClNO. The van der Waals surface area contributed by atoms with E-state index in [0.717, 1.165) is 18.4 Å². The summed E-state index contributed by atoms with van der Waals surface area (Å²) in [5, 5.41) is 2.51. The molecule has 1 aromatic carbocycles. The van der Waals surface area contributed by atoms with Crippen LogP contribution in [0, 0.1) is 0 Å². The van der Waals surface area contributed by atoms with Crippen LogP contribution in [-0.4, -0.2) is 11.9 Å². The fraction of sp³-hybridized carbons (Fsp3) is 0.533. The van der Waals surface area contributed by atoms with Crippen molar-refractivity contribution in [1.82, 2.24) is 5.32 Å². The van der Waals surface area contributed by atoms with Crippen LogP contribution in [0.3, 0.4) is 0 Å². The zero-order valence-corrected chi connectivity index (χ0v) is 11.3. The average Bonchev–Trinajstić information content (AvgIpc) is 2.67. The number of nitrogens with one attached hydrogen (secondary N) is 1. The second kappa shape index (κ2) is 6.79. The van der Waals surface area contributed by atoms with Gasteiger partial charge in [-0.1, -0.05) is 56.0 Å². The zero-order valence-electron chi connectivity index (χ0n) is 10.6. The molecule has 1 aliphatic carbocycles. The SMILES string of the molecule is O=C(NC1CCCCCC1)C(Cl)c1ccccc1. The van der Waals surface area contributed by atoms with Gasteiger partial charge in [0.05, 0.1) is 0 Å². The van der Waals surface area contributed by atoms with Crippen molar-refractivity contribution >= 4 is 17.5 Å². The third-order valence-corrected chi connectivity index (χ3v) is 3.97. The fourth-order valence-electron chi connectivity index (χ4n) is 2.47. The Morgan fingerprint density at radius 1 is 1.11 bits per heavy atom. The topological polar surface area (TPSA) is 29.1 Å². The molecule has 0 bridgehead atoms. The molecule has 2 rings (SSSR count). The molecule has 0 saturated heterocycles. The first kappa shape index (κ1) is 13.4. The van der Waals surface area contributed by atoms with Crippen molar-refractivity contribution in [2.24, 2.45) is 0 Å². The summed E-state index contributed by atoms with van der Waals surface area (Å²) in [4.78, 5) is 12.1. The molecule has 0 radical (unpaired) electrons. The molecule has 98 valence electrons. The van der Waals surface area contributed by atoms with Crippen molar-refractivity contribution in [2.75, 3.05) is 0 Å². The zero-order chi connectivity index (χ0) is 12.8. The van der Waals surface area contributed by atoms with Crippen molar-refractivity contribution < 1.29 is 4.79 Å². The van der Waals surface area contributed by atoms with Crippen molar-refractivity contribution in [3.05, 3.63) is 35.9 Å². The van der Waals surface area contributed by atoms with Crippen LogP contribution in [-0.2, 0) is 4.79 Å². The normalized spacial score (nSPS) is 18.9. The van der Waals surface area contributed by atoms with E-state index in [0.29, 0.717) is 6.04 Å². The molecule has 0 spiro atoms. The second-order valence-electron chi connectivity index (χ2n) is 4.97. The minimum Gasteiger partial charge on any atom is -0.352 e. The van der Waals surface area contributed by atoms with E-state index in [2.05, 4.69) is 5.32 Å². The van der Waals surface area contributed by atoms with Crippen LogP contribution in [0.1, 0.15) is 49.5 Å². The predicted molar refractivity (Wildman–Crippen MR) is 74.7 cm³/mol. The first-order valence-electron chi connectivity index (χ1n) is 6.77. The van der Waals surface area contributed by atoms with Crippen molar-refractivity contribution in [2.45, 2.75) is 49.9 Å². The van der Waals surface area contributed by atoms with Gasteiger partial charge in [0.25, 0.3) is 0 Å². The maximum atomic E-state index is 12.1. The van der Waals surface area contributed by atoms with Gasteiger partial charge in [-0.25, -0.2) is 0 Å². The van der Waals surface area contributed by atoms with Gasteiger partial charge in [0.2, 0.25) is 5.91 Å². The predicted octanol–water partition coefficient (Wildman–Crippen LogP) is 3.81. The minimum absolute atomic E-state index is 0.0604. The molecule has 1 fully saturated rings. The van der Waals surface area contributed by atoms with Gasteiger partial charge in [-0.05, 0) is 18.4 Å². The Bertz CT molecular complexity index is 371. The number of halogens is 1. The quantitative estimate of drug-likeness (QED) is 0.654. The summed E-state index contributed by atoms with van der Waals surface area (Å²) in [7, 11) is 0. The molecule has 1 saturated carbocycles. The van der Waals surface area contributed by atoms with Crippen molar-refractivity contribution in [1.29, 1.82) is 0 Å². The largest absolute Gasteiger partial charge is 0.352 e. The molecule has 1 aromatic rings. The molecule has 0 aromatic heterocycles. The monoisotopic (exact) mass is 265 g/mol. The Labute approximate surface area is 114 Å². The highest BCUT2D eigenvalue weighted by atomic mass is 35.5. The molecule has 1 atom stereocenters. The summed E-state index contributed by atoms with van der Waals surface area (Å²) in [6.07, 6.45) is 7.17. The lowest BCUT2D eigenvalue weighted by Crippen LogP contribution is -2.36. The Hall–Kier alpha value is -1.02. The van der Waals surface area contributed by atoms with E-state index in [9.17, 15) is 4.79 Å². The minimum atomic E-state index is -0.575. The Kier molecular flexibility index (Phi) is 5.06. The van der Waals surface area contributed by atoms with E-state index in [-0.39, 0.29) is 5.91 Å². The molecule has 1 N–H and O–H groups in total. The summed E-state index contributed by atoms with van der Waals surface area (Å²) in [5.41, 5.74) is 0.866. The first-order chi connectivity index (χ1) is 8.77. The fourth-order valence-corrected chi connectivity index (χ4v) is 2.68. The van der Waals surface area contributed by atoms with Crippen LogP contribution in [0.15, 0.2) is 30.3 Å². The Morgan fingerprint density at radius 2 is 1.72 bits per heavy atom. The van der Waals surface area contributed by atoms with Crippen LogP contribution in [0.4, 0.5) is 0 Å². The van der Waals surface area contributed by atoms with E-state index in [1.165, 1.54) is 25.7 Å². The molecule has 0 heterocycles. The highest BCUT2D eigenvalue weighted by Gasteiger charge is 2.21. The summed E-state index contributed by atoms with van der Waals surface area (Å²) < 4.78 is 0. The molecule has 2 nitrogen and oxygen atoms in total. The molecule has 1 amide bonds. The van der Waals surface area contributed by atoms with Crippen LogP contribution >= 0.6 is 11.6 Å². The number of rotatable bonds is 3. The van der Waals surface area contributed by atoms with E-state index < -0.39 is 5.38 Å². The number of benzene rings is 1. The number of alkyl halides is 1. The number of amides is 1. The van der Waals surface area contributed by atoms with Crippen molar-refractivity contribution in [3.63, 3.8) is 0 Å². The van der Waals surface area contributed by atoms with Gasteiger partial charge in [-0.3, -0.25) is 4.79 Å². The van der Waals surface area contributed by atoms with E-state index in [1.807, 2.05) is 30.3 Å². The van der Waals surface area contributed by atoms with E-state index >= 15 is 0 Å². The Morgan fingerprint density at radius 3 is 2.33 bits per heavy atom. The smallest absolute Gasteiger partial charge is 0.242 e. The summed E-state index contributed by atoms with van der Waals surface area (Å²) in [5.74, 6) is -0.0604. The van der Waals surface area contributed by atoms with Gasteiger partial charge in [-0.15, -0.1) is 11.6 Å². The lowest BCUT2D eigenvalue weighted by molar-refractivity contribution is -0.121. The lowest BCUT2D eigenvalue weighted by Gasteiger charge is -2.18. The molecule has 0 aliphatic heterocycles. The van der Waals surface area contributed by atoms with Crippen LogP contribution < -0.4 is 5.32 Å². The second-order valence-corrected chi connectivity index (χ2v) is 5.41. The van der Waals surface area contributed by atoms with E-state index in [1.54, 1.807) is 0 Å². The number of hydrogen-bond acceptors (Lipinski definition) is 1. The average molecular weight is 266 g/mol. The van der Waals surface area contributed by atoms with Gasteiger partial charge in [0, 0.05) is 6.04 Å². The number of hydrogen-bond donors (Lipinski definition) is 1. The van der Waals surface area contributed by atoms with Crippen molar-refractivity contribution in [3.8, 4) is 0 Å². The van der Waals surface area contributed by atoms with Gasteiger partial charge in [-0.2, -0.15) is 0 Å². The summed E-state index contributed by atoms with van der Waals surface area (Å²) in [6.45, 7) is 0. The lowest BCUT2D eigenvalue weighted by atomic mass is 10.1. The molecule has 1 aliphatic rings. The molecule has 18 heavy (non-hydrogen) atoms. The van der Waals surface area contributed by atoms with Gasteiger partial charge >= 0.3 is 0 Å². The molecular weight excluding hydrogens is 246 g/mol. The molecule has 3 heteroatoms. The van der Waals surface area contributed by atoms with Gasteiger partial charge < -0.3 is 5.32 Å². The van der Waals surface area contributed by atoms with Gasteiger partial charge in [0.1, 0.15) is 5.38 Å². The van der Waals surface area contributed by atoms with Crippen LogP contribution in [0.2, 0.25) is 0 Å². The Balaban J connectivity index is 1.90. The van der Waals surface area contributed by atoms with E-state index in [4.69, 9.17) is 11.6 Å². The number of carbonyl (C=O) groups excluding carboxylic acids is 1. The maximum absolute atomic E-state index is 12.1. The first-order valence-corrected chi connectivity index (χ1v) is 7.20. The third kappa shape index (κ3) is 3.74. The highest BCUT2D eigenvalue weighted by molar-refractivity contribution is 6.30. The summed E-state index contributed by atoms with van der Waals surface area (Å²) >= 11 is 6.20. The number of carbonyl (C=O) groups is 1. The maximum Gasteiger partial charge on any atom is 0.242 e. The summed E-state index contributed by atoms with van der Waals surface area (Å²) in [6, 6.07) is 9.84. The third-order valence-electron chi connectivity index (χ3n) is 3.52. The molecule has 1 unspecified atom stereocenters. The van der Waals surface area contributed by atoms with Crippen LogP contribution in [0.25, 0.3) is 0 Å². The van der Waals surface area contributed by atoms with Gasteiger partial charge in [0.15, 0.2) is 0 Å². The van der Waals surface area contributed by atoms with Crippen LogP contribution in [0.5, 0.6) is 0 Å². The standard InChI is InChI=1S/C15H20ClNO/c16-14(12-8-4-3-5-9-12)15(18)17-13-10-6-1-2-7-11-13/h3-5,8-9,13-14H,1-2,6-7,10-11H2,(H,17,18).